The van der Waals surface area contributed by atoms with E-state index in [-0.39, 0.29) is 12.0 Å². The topological polar surface area (TPSA) is 67.6 Å². The molecule has 1 saturated heterocycles. The summed E-state index contributed by atoms with van der Waals surface area (Å²) in [5.74, 6) is 0.649. The lowest BCUT2D eigenvalue weighted by molar-refractivity contribution is -0.122. The highest BCUT2D eigenvalue weighted by atomic mass is 16.5. The van der Waals surface area contributed by atoms with E-state index in [9.17, 15) is 4.79 Å². The van der Waals surface area contributed by atoms with Crippen LogP contribution < -0.4 is 11.1 Å². The van der Waals surface area contributed by atoms with E-state index in [1.165, 1.54) is 0 Å². The molecule has 19 heavy (non-hydrogen) atoms. The molecule has 112 valence electrons. The minimum Gasteiger partial charge on any atom is -0.379 e. The lowest BCUT2D eigenvalue weighted by Crippen LogP contribution is -2.39. The van der Waals surface area contributed by atoms with Gasteiger partial charge >= 0.3 is 0 Å². The van der Waals surface area contributed by atoms with Crippen molar-refractivity contribution in [1.29, 1.82) is 0 Å². The molecule has 0 spiro atoms. The SMILES string of the molecule is CC(C)OCCCNC(=O)CN1CC(CN)CC1C. The van der Waals surface area contributed by atoms with Crippen molar-refractivity contribution < 1.29 is 9.53 Å². The number of nitrogens with one attached hydrogen (secondary N) is 1. The fourth-order valence-electron chi connectivity index (χ4n) is 2.47. The number of nitrogens with two attached hydrogens (primary N) is 1. The quantitative estimate of drug-likeness (QED) is 0.634. The summed E-state index contributed by atoms with van der Waals surface area (Å²) in [5.41, 5.74) is 5.69. The molecule has 2 atom stereocenters. The Hall–Kier alpha value is -0.650. The zero-order valence-electron chi connectivity index (χ0n) is 12.5. The fourth-order valence-corrected chi connectivity index (χ4v) is 2.47. The van der Waals surface area contributed by atoms with Crippen LogP contribution in [0.3, 0.4) is 0 Å². The van der Waals surface area contributed by atoms with Crippen LogP contribution in [0.5, 0.6) is 0 Å². The van der Waals surface area contributed by atoms with Gasteiger partial charge in [0, 0.05) is 25.7 Å². The Morgan fingerprint density at radius 3 is 2.84 bits per heavy atom. The molecule has 0 saturated carbocycles. The lowest BCUT2D eigenvalue weighted by atomic mass is 10.1. The van der Waals surface area contributed by atoms with E-state index in [4.69, 9.17) is 10.5 Å². The predicted molar refractivity (Wildman–Crippen MR) is 76.9 cm³/mol. The minimum absolute atomic E-state index is 0.106. The molecule has 1 rings (SSSR count). The first-order valence-electron chi connectivity index (χ1n) is 7.35. The number of hydrogen-bond donors (Lipinski definition) is 2. The molecule has 0 bridgehead atoms. The van der Waals surface area contributed by atoms with Gasteiger partial charge in [0.1, 0.15) is 0 Å². The van der Waals surface area contributed by atoms with Gasteiger partial charge in [-0.15, -0.1) is 0 Å². The summed E-state index contributed by atoms with van der Waals surface area (Å²) in [7, 11) is 0. The second kappa shape index (κ2) is 8.51. The average molecular weight is 271 g/mol. The van der Waals surface area contributed by atoms with Gasteiger partial charge in [0.2, 0.25) is 5.91 Å². The van der Waals surface area contributed by atoms with Crippen LogP contribution in [0.4, 0.5) is 0 Å². The maximum Gasteiger partial charge on any atom is 0.234 e. The number of carbonyl (C=O) groups excluding carboxylic acids is 1. The number of rotatable bonds is 8. The van der Waals surface area contributed by atoms with Gasteiger partial charge in [0.25, 0.3) is 0 Å². The molecule has 5 heteroatoms. The van der Waals surface area contributed by atoms with Crippen molar-refractivity contribution in [1.82, 2.24) is 10.2 Å². The van der Waals surface area contributed by atoms with Crippen LogP contribution in [0.15, 0.2) is 0 Å². The highest BCUT2D eigenvalue weighted by Gasteiger charge is 2.28. The highest BCUT2D eigenvalue weighted by molar-refractivity contribution is 5.78. The molecule has 1 amide bonds. The summed E-state index contributed by atoms with van der Waals surface area (Å²) in [5, 5.41) is 2.94. The number of carbonyl (C=O) groups is 1. The Balaban J connectivity index is 2.11. The van der Waals surface area contributed by atoms with Crippen LogP contribution in [-0.2, 0) is 9.53 Å². The third-order valence-electron chi connectivity index (χ3n) is 3.56. The molecule has 2 unspecified atom stereocenters. The molecule has 1 aliphatic heterocycles. The number of amides is 1. The summed E-state index contributed by atoms with van der Waals surface area (Å²) in [4.78, 5) is 14.0. The van der Waals surface area contributed by atoms with Crippen molar-refractivity contribution in [2.24, 2.45) is 11.7 Å². The predicted octanol–water partition coefficient (Wildman–Crippen LogP) is 0.587. The summed E-state index contributed by atoms with van der Waals surface area (Å²) in [6.45, 7) is 9.74. The van der Waals surface area contributed by atoms with Crippen molar-refractivity contribution in [3.63, 3.8) is 0 Å². The van der Waals surface area contributed by atoms with Crippen molar-refractivity contribution in [3.05, 3.63) is 0 Å². The van der Waals surface area contributed by atoms with E-state index in [1.807, 2.05) is 13.8 Å². The monoisotopic (exact) mass is 271 g/mol. The van der Waals surface area contributed by atoms with E-state index >= 15 is 0 Å². The smallest absolute Gasteiger partial charge is 0.234 e. The molecular formula is C14H29N3O2. The molecule has 0 radical (unpaired) electrons. The molecular weight excluding hydrogens is 242 g/mol. The molecule has 0 aromatic heterocycles. The number of likely N-dealkylation sites (tertiary alicyclic amines) is 1. The van der Waals surface area contributed by atoms with Gasteiger partial charge in [0.15, 0.2) is 0 Å². The van der Waals surface area contributed by atoms with E-state index in [2.05, 4.69) is 17.1 Å². The third kappa shape index (κ3) is 6.36. The number of nitrogens with zero attached hydrogens (tertiary/aromatic N) is 1. The van der Waals surface area contributed by atoms with Crippen LogP contribution in [-0.4, -0.2) is 55.7 Å². The average Bonchev–Trinajstić information content (AvgIpc) is 2.69. The van der Waals surface area contributed by atoms with Crippen LogP contribution >= 0.6 is 0 Å². The van der Waals surface area contributed by atoms with Crippen LogP contribution in [0, 0.1) is 5.92 Å². The third-order valence-corrected chi connectivity index (χ3v) is 3.56. The summed E-state index contributed by atoms with van der Waals surface area (Å²) in [6, 6.07) is 0.462. The minimum atomic E-state index is 0.106. The molecule has 0 aromatic rings. The van der Waals surface area contributed by atoms with Gasteiger partial charge in [-0.05, 0) is 46.1 Å². The zero-order chi connectivity index (χ0) is 14.3. The van der Waals surface area contributed by atoms with Crippen LogP contribution in [0.2, 0.25) is 0 Å². The van der Waals surface area contributed by atoms with E-state index in [0.717, 1.165) is 25.9 Å². The van der Waals surface area contributed by atoms with Gasteiger partial charge in [-0.2, -0.15) is 0 Å². The molecule has 1 fully saturated rings. The Morgan fingerprint density at radius 1 is 1.53 bits per heavy atom. The van der Waals surface area contributed by atoms with Crippen molar-refractivity contribution in [2.75, 3.05) is 32.8 Å². The molecule has 0 aliphatic carbocycles. The summed E-state index contributed by atoms with van der Waals surface area (Å²) >= 11 is 0. The van der Waals surface area contributed by atoms with Gasteiger partial charge in [-0.1, -0.05) is 0 Å². The van der Waals surface area contributed by atoms with Gasteiger partial charge in [0.05, 0.1) is 12.6 Å². The Labute approximate surface area is 116 Å². The highest BCUT2D eigenvalue weighted by Crippen LogP contribution is 2.21. The molecule has 1 aliphatic rings. The molecule has 3 N–H and O–H groups in total. The van der Waals surface area contributed by atoms with Crippen molar-refractivity contribution in [3.8, 4) is 0 Å². The summed E-state index contributed by atoms with van der Waals surface area (Å²) in [6.07, 6.45) is 2.23. The van der Waals surface area contributed by atoms with Crippen LogP contribution in [0.25, 0.3) is 0 Å². The fraction of sp³-hybridized carbons (Fsp3) is 0.929. The Bertz CT molecular complexity index is 271. The first-order chi connectivity index (χ1) is 9.02. The van der Waals surface area contributed by atoms with Gasteiger partial charge < -0.3 is 15.8 Å². The molecule has 5 nitrogen and oxygen atoms in total. The van der Waals surface area contributed by atoms with E-state index < -0.39 is 0 Å². The van der Waals surface area contributed by atoms with Crippen molar-refractivity contribution in [2.45, 2.75) is 45.8 Å². The zero-order valence-corrected chi connectivity index (χ0v) is 12.5. The first-order valence-corrected chi connectivity index (χ1v) is 7.35. The lowest BCUT2D eigenvalue weighted by Gasteiger charge is -2.20. The molecule has 1 heterocycles. The molecule has 0 aromatic carbocycles. The van der Waals surface area contributed by atoms with Gasteiger partial charge in [-0.3, -0.25) is 9.69 Å². The van der Waals surface area contributed by atoms with Crippen molar-refractivity contribution >= 4 is 5.91 Å². The first kappa shape index (κ1) is 16.4. The number of ether oxygens (including phenoxy) is 1. The standard InChI is InChI=1S/C14H29N3O2/c1-11(2)19-6-4-5-16-14(18)10-17-9-13(8-15)7-12(17)3/h11-13H,4-10,15H2,1-3H3,(H,16,18). The number of hydrogen-bond acceptors (Lipinski definition) is 4. The van der Waals surface area contributed by atoms with E-state index in [1.54, 1.807) is 0 Å². The Morgan fingerprint density at radius 2 is 2.26 bits per heavy atom. The van der Waals surface area contributed by atoms with Crippen LogP contribution in [0.1, 0.15) is 33.6 Å². The van der Waals surface area contributed by atoms with E-state index in [0.29, 0.717) is 31.7 Å². The summed E-state index contributed by atoms with van der Waals surface area (Å²) < 4.78 is 5.43. The maximum absolute atomic E-state index is 11.8. The van der Waals surface area contributed by atoms with Gasteiger partial charge in [-0.25, -0.2) is 0 Å². The normalized spacial score (nSPS) is 24.1. The second-order valence-electron chi connectivity index (χ2n) is 5.74. The largest absolute Gasteiger partial charge is 0.379 e. The second-order valence-corrected chi connectivity index (χ2v) is 5.74. The maximum atomic E-state index is 11.8. The Kier molecular flexibility index (Phi) is 7.34.